The summed E-state index contributed by atoms with van der Waals surface area (Å²) in [5.74, 6) is -18.5. The predicted molar refractivity (Wildman–Crippen MR) is 436 cm³/mol. The maximum absolute atomic E-state index is 15.7. The van der Waals surface area contributed by atoms with Crippen molar-refractivity contribution in [3.05, 3.63) is 138 Å². The van der Waals surface area contributed by atoms with Crippen molar-refractivity contribution in [2.24, 2.45) is 34.4 Å². The summed E-state index contributed by atoms with van der Waals surface area (Å²) >= 11 is 0.915. The topological polar surface area (TPSA) is 640 Å². The number of amides is 16. The Morgan fingerprint density at radius 3 is 1.73 bits per heavy atom. The summed E-state index contributed by atoms with van der Waals surface area (Å²) in [4.78, 5) is 236. The van der Waals surface area contributed by atoms with Gasteiger partial charge in [-0.25, -0.2) is 0 Å². The Bertz CT molecular complexity index is 4430. The lowest BCUT2D eigenvalue weighted by Gasteiger charge is -2.34. The second-order valence-electron chi connectivity index (χ2n) is 28.8. The SMILES string of the molecule is CC(=O)N[C@H]1CCSC[C@@H](C(=O)N[C@@H](Cc2ccc(OCCN)cc2)C(=O)N[C@@H](Cc2ccc3ccccc3c2)C(=O)N[C@@](C)(CCCCN)C(=O)N[C@@H](CCC(=O)O)C(=O)N[C@@H](CC(N)=O)C(=O)NCC(N)=O)NC(=O)[C@H](CCC(N)=O)NC(=O)[C@H](Cc2ccc(-c3ccccc3)cc2)NC(=O)[C@H]([C@@H](C)O)NC(=O)[C@H](CCC(N)=O)NC1=O. The van der Waals surface area contributed by atoms with Gasteiger partial charge in [0.15, 0.2) is 0 Å². The van der Waals surface area contributed by atoms with Crippen molar-refractivity contribution in [3.8, 4) is 16.9 Å². The van der Waals surface area contributed by atoms with E-state index in [0.717, 1.165) is 42.1 Å². The van der Waals surface area contributed by atoms with Crippen LogP contribution in [0.15, 0.2) is 121 Å². The van der Waals surface area contributed by atoms with E-state index >= 15 is 28.8 Å². The van der Waals surface area contributed by atoms with Crippen LogP contribution in [-0.4, -0.2) is 221 Å². The van der Waals surface area contributed by atoms with Crippen molar-refractivity contribution in [3.63, 3.8) is 0 Å². The van der Waals surface area contributed by atoms with Gasteiger partial charge in [-0.15, -0.1) is 0 Å². The molecule has 12 atom stereocenters. The van der Waals surface area contributed by atoms with Crippen molar-refractivity contribution >= 4 is 123 Å². The van der Waals surface area contributed by atoms with Crippen molar-refractivity contribution in [1.82, 2.24) is 63.8 Å². The number of carbonyl (C=O) groups is 17. The Balaban J connectivity index is 1.47. The minimum Gasteiger partial charge on any atom is -0.492 e. The van der Waals surface area contributed by atoms with Crippen LogP contribution in [0.4, 0.5) is 0 Å². The van der Waals surface area contributed by atoms with Crippen LogP contribution in [0.3, 0.4) is 0 Å². The molecule has 1 fully saturated rings. The van der Waals surface area contributed by atoms with E-state index in [1.54, 1.807) is 84.9 Å². The lowest BCUT2D eigenvalue weighted by molar-refractivity contribution is -0.140. The fourth-order valence-corrected chi connectivity index (χ4v) is 13.6. The van der Waals surface area contributed by atoms with Gasteiger partial charge in [0.1, 0.15) is 78.3 Å². The largest absolute Gasteiger partial charge is 0.492 e. The number of benzene rings is 5. The van der Waals surface area contributed by atoms with Crippen LogP contribution >= 0.6 is 11.8 Å². The fraction of sp³-hybridized carbons (Fsp3) is 0.438. The Hall–Kier alpha value is -12.6. The molecule has 5 aromatic carbocycles. The van der Waals surface area contributed by atoms with Crippen LogP contribution in [0.25, 0.3) is 21.9 Å². The van der Waals surface area contributed by atoms with Gasteiger partial charge >= 0.3 is 5.97 Å². The van der Waals surface area contributed by atoms with Crippen molar-refractivity contribution in [1.29, 1.82) is 0 Å². The number of ether oxygens (including phenoxy) is 1. The minimum absolute atomic E-state index is 0.0868. The van der Waals surface area contributed by atoms with Gasteiger partial charge in [-0.2, -0.15) is 11.8 Å². The lowest BCUT2D eigenvalue weighted by Crippen LogP contribution is -2.64. The Morgan fingerprint density at radius 2 is 1.13 bits per heavy atom. The number of carboxylic acids is 1. The van der Waals surface area contributed by atoms with Gasteiger partial charge in [0, 0.05) is 57.7 Å². The number of aliphatic carboxylic acids is 1. The van der Waals surface area contributed by atoms with E-state index in [4.69, 9.17) is 39.1 Å². The zero-order valence-electron chi connectivity index (χ0n) is 66.2. The molecule has 1 heterocycles. The molecule has 26 N–H and O–H groups in total. The molecule has 1 saturated heterocycles. The van der Waals surface area contributed by atoms with E-state index in [0.29, 0.717) is 27.8 Å². The van der Waals surface area contributed by atoms with E-state index in [1.165, 1.54) is 6.92 Å². The number of hydrogen-bond acceptors (Lipinski definition) is 22. The average molecular weight is 1670 g/mol. The molecule has 5 aromatic rings. The second-order valence-corrected chi connectivity index (χ2v) is 29.9. The average Bonchev–Trinajstić information content (AvgIpc) is 0.811. The number of fused-ring (bicyclic) bond motifs is 1. The number of rotatable bonds is 40. The van der Waals surface area contributed by atoms with Crippen LogP contribution < -0.4 is 103 Å². The first kappa shape index (κ1) is 95.2. The zero-order chi connectivity index (χ0) is 87.5. The molecule has 1 aliphatic heterocycles. The molecule has 0 saturated carbocycles. The Kier molecular flexibility index (Phi) is 38.1. The van der Waals surface area contributed by atoms with Crippen LogP contribution in [0.1, 0.15) is 108 Å². The van der Waals surface area contributed by atoms with Gasteiger partial charge in [0.05, 0.1) is 19.1 Å². The number of nitrogens with two attached hydrogens (primary N) is 6. The molecule has 38 nitrogen and oxygen atoms in total. The number of aliphatic hydroxyl groups excluding tert-OH is 1. The van der Waals surface area contributed by atoms with Gasteiger partial charge in [-0.1, -0.05) is 109 Å². The summed E-state index contributed by atoms with van der Waals surface area (Å²) in [6.45, 7) is 3.12. The maximum atomic E-state index is 15.7. The molecule has 16 amide bonds. The standard InChI is InChI=1S/C80H106N18O20S/c1-44(99)68-78(116)94-59(38-46-15-20-51(21-16-46)49-11-5-4-6-12-49)74(112)90-54(25-28-63(83)101)70(108)95-62(43-119-36-31-57(88-45(2)100)72(110)89-55(73(111)97-68)26-29-64(84)102)76(114)91-58(39-47-18-23-53(24-19-47)118-35-34-82)75(113)92-60(40-48-17-22-50-13-7-8-14-52(50)37-48)77(115)98-80(3,32-9-10-33-81)79(117)96-56(27-30-67(105)106)71(109)93-61(41-65(85)103)69(107)87-42-66(86)104/h4-8,11-24,37,44,54-62,68,99H,9-10,25-36,38-43,81-82H2,1-3H3,(H2,83,101)(H2,84,102)(H2,85,103)(H2,86,104)(H,87,107)(H,88,100)(H,89,110)(H,90,112)(H,91,114)(H,92,113)(H,93,109)(H,94,116)(H,95,108)(H,96,117)(H,97,111)(H,98,115)(H,105,106)/t44-,54+,55+,56+,57+,58+,59+,60+,61+,62+,68+,80+/m1/s1. The normalized spacial score (nSPS) is 18.7. The summed E-state index contributed by atoms with van der Waals surface area (Å²) in [6, 6.07) is 17.2. The van der Waals surface area contributed by atoms with Crippen molar-refractivity contribution < 1.29 is 96.5 Å². The highest BCUT2D eigenvalue weighted by atomic mass is 32.2. The number of thioether (sulfide) groups is 1. The second kappa shape index (κ2) is 47.6. The molecule has 0 unspecified atom stereocenters. The quantitative estimate of drug-likeness (QED) is 0.0167. The summed E-state index contributed by atoms with van der Waals surface area (Å²) in [6.07, 6.45) is -7.27. The van der Waals surface area contributed by atoms with Crippen molar-refractivity contribution in [2.45, 2.75) is 183 Å². The molecule has 0 spiro atoms. The highest BCUT2D eigenvalue weighted by Gasteiger charge is 2.42. The van der Waals surface area contributed by atoms with Crippen LogP contribution in [0, 0.1) is 0 Å². The third-order valence-corrected chi connectivity index (χ3v) is 20.1. The number of carboxylic acid groups (broad SMARTS) is 1. The molecule has 1 aliphatic rings. The van der Waals surface area contributed by atoms with Crippen LogP contribution in [0.5, 0.6) is 5.75 Å². The van der Waals surface area contributed by atoms with Gasteiger partial charge in [-0.3, -0.25) is 81.5 Å². The zero-order valence-corrected chi connectivity index (χ0v) is 67.0. The van der Waals surface area contributed by atoms with E-state index in [-0.39, 0.29) is 64.0 Å². The van der Waals surface area contributed by atoms with E-state index < -0.39 is 236 Å². The fourth-order valence-electron chi connectivity index (χ4n) is 12.6. The highest BCUT2D eigenvalue weighted by Crippen LogP contribution is 2.24. The summed E-state index contributed by atoms with van der Waals surface area (Å²) < 4.78 is 5.72. The number of nitrogens with one attached hydrogen (secondary N) is 12. The van der Waals surface area contributed by atoms with Gasteiger partial charge < -0.3 is 113 Å². The third kappa shape index (κ3) is 32.1. The molecule has 0 aliphatic carbocycles. The number of primary amides is 4. The first-order chi connectivity index (χ1) is 56.5. The molecule has 642 valence electrons. The summed E-state index contributed by atoms with van der Waals surface area (Å²) in [5, 5.41) is 52.6. The number of aliphatic hydroxyl groups is 1. The Labute approximate surface area is 689 Å². The van der Waals surface area contributed by atoms with Gasteiger partial charge in [-0.05, 0) is 122 Å². The molecule has 6 rings (SSSR count). The molecule has 39 heteroatoms. The summed E-state index contributed by atoms with van der Waals surface area (Å²) in [7, 11) is 0. The van der Waals surface area contributed by atoms with Crippen LogP contribution in [-0.2, 0) is 101 Å². The Morgan fingerprint density at radius 1 is 0.563 bits per heavy atom. The number of carbonyl (C=O) groups excluding carboxylic acids is 16. The maximum Gasteiger partial charge on any atom is 0.303 e. The van der Waals surface area contributed by atoms with E-state index in [9.17, 15) is 63.0 Å². The van der Waals surface area contributed by atoms with Gasteiger partial charge in [0.25, 0.3) is 0 Å². The lowest BCUT2D eigenvalue weighted by atomic mass is 9.91. The third-order valence-electron chi connectivity index (χ3n) is 19.0. The number of unbranched alkanes of at least 4 members (excludes halogenated alkanes) is 1. The smallest absolute Gasteiger partial charge is 0.303 e. The van der Waals surface area contributed by atoms with Gasteiger partial charge in [0.2, 0.25) is 94.5 Å². The van der Waals surface area contributed by atoms with E-state index in [2.05, 4.69) is 63.8 Å². The van der Waals surface area contributed by atoms with Crippen molar-refractivity contribution in [2.75, 3.05) is 37.7 Å². The number of hydrogen-bond donors (Lipinski definition) is 20. The molecular weight excluding hydrogens is 1570 g/mol. The first-order valence-electron chi connectivity index (χ1n) is 38.5. The minimum atomic E-state index is -2.10. The molecule has 0 radical (unpaired) electrons. The highest BCUT2D eigenvalue weighted by molar-refractivity contribution is 7.99. The molecular formula is C80H106N18O20S. The first-order valence-corrected chi connectivity index (χ1v) is 39.7. The molecule has 0 bridgehead atoms. The van der Waals surface area contributed by atoms with Crippen LogP contribution in [0.2, 0.25) is 0 Å². The molecule has 0 aromatic heterocycles. The summed E-state index contributed by atoms with van der Waals surface area (Å²) in [5.41, 5.74) is 34.1. The monoisotopic (exact) mass is 1670 g/mol. The van der Waals surface area contributed by atoms with E-state index in [1.807, 2.05) is 36.4 Å². The molecule has 119 heavy (non-hydrogen) atoms. The predicted octanol–water partition coefficient (Wildman–Crippen LogP) is -3.87.